The van der Waals surface area contributed by atoms with Crippen LogP contribution >= 0.6 is 0 Å². The van der Waals surface area contributed by atoms with Crippen LogP contribution < -0.4 is 5.32 Å². The van der Waals surface area contributed by atoms with Crippen LogP contribution in [-0.4, -0.2) is 12.6 Å². The first-order valence-electron chi connectivity index (χ1n) is 7.13. The van der Waals surface area contributed by atoms with E-state index in [0.717, 1.165) is 17.9 Å². The van der Waals surface area contributed by atoms with Crippen molar-refractivity contribution in [3.8, 4) is 0 Å². The second-order valence-electron chi connectivity index (χ2n) is 5.98. The third-order valence-corrected chi connectivity index (χ3v) is 4.25. The van der Waals surface area contributed by atoms with Crippen LogP contribution in [0.3, 0.4) is 0 Å². The molecule has 0 bridgehead atoms. The standard InChI is InChI=1S/C15H27N/c1-12(2)7-8-13-5-3-4-6-14(13)11-16-15-9-10-15/h13-16H,1,3-11H2,2H3. The molecular formula is C15H27N. The van der Waals surface area contributed by atoms with Crippen molar-refractivity contribution in [3.05, 3.63) is 12.2 Å². The molecule has 0 aliphatic heterocycles. The molecule has 0 amide bonds. The molecule has 2 rings (SSSR count). The molecule has 2 unspecified atom stereocenters. The molecule has 0 aromatic carbocycles. The van der Waals surface area contributed by atoms with Crippen LogP contribution in [0, 0.1) is 11.8 Å². The minimum atomic E-state index is 0.878. The summed E-state index contributed by atoms with van der Waals surface area (Å²) in [5.74, 6) is 1.92. The normalized spacial score (nSPS) is 30.3. The fourth-order valence-corrected chi connectivity index (χ4v) is 2.97. The molecule has 0 spiro atoms. The molecule has 2 saturated carbocycles. The topological polar surface area (TPSA) is 12.0 Å². The Kier molecular flexibility index (Phi) is 4.45. The Balaban J connectivity index is 1.73. The van der Waals surface area contributed by atoms with Gasteiger partial charge in [0.15, 0.2) is 0 Å². The lowest BCUT2D eigenvalue weighted by Crippen LogP contribution is -2.31. The van der Waals surface area contributed by atoms with Gasteiger partial charge in [0.1, 0.15) is 0 Å². The van der Waals surface area contributed by atoms with Gasteiger partial charge in [-0.2, -0.15) is 0 Å². The predicted octanol–water partition coefficient (Wildman–Crippen LogP) is 3.90. The number of hydrogen-bond acceptors (Lipinski definition) is 1. The maximum atomic E-state index is 4.03. The van der Waals surface area contributed by atoms with Crippen molar-refractivity contribution in [1.29, 1.82) is 0 Å². The highest BCUT2D eigenvalue weighted by atomic mass is 14.9. The van der Waals surface area contributed by atoms with Crippen molar-refractivity contribution in [2.75, 3.05) is 6.54 Å². The maximum absolute atomic E-state index is 4.03. The molecule has 2 fully saturated rings. The Labute approximate surface area is 101 Å². The SMILES string of the molecule is C=C(C)CCC1CCCCC1CNC1CC1. The summed E-state index contributed by atoms with van der Waals surface area (Å²) in [6.07, 6.45) is 11.3. The molecule has 0 aromatic heterocycles. The summed E-state index contributed by atoms with van der Waals surface area (Å²) in [5, 5.41) is 3.72. The van der Waals surface area contributed by atoms with Crippen molar-refractivity contribution in [2.24, 2.45) is 11.8 Å². The van der Waals surface area contributed by atoms with Crippen molar-refractivity contribution in [1.82, 2.24) is 5.32 Å². The molecule has 1 nitrogen and oxygen atoms in total. The monoisotopic (exact) mass is 221 g/mol. The van der Waals surface area contributed by atoms with Gasteiger partial charge in [-0.25, -0.2) is 0 Å². The fourth-order valence-electron chi connectivity index (χ4n) is 2.97. The Bertz CT molecular complexity index is 230. The van der Waals surface area contributed by atoms with Crippen LogP contribution in [0.5, 0.6) is 0 Å². The van der Waals surface area contributed by atoms with E-state index in [4.69, 9.17) is 0 Å². The van der Waals surface area contributed by atoms with Crippen molar-refractivity contribution < 1.29 is 0 Å². The second-order valence-corrected chi connectivity index (χ2v) is 5.98. The Morgan fingerprint density at radius 3 is 2.44 bits per heavy atom. The summed E-state index contributed by atoms with van der Waals surface area (Å²) in [6.45, 7) is 7.48. The largest absolute Gasteiger partial charge is 0.314 e. The van der Waals surface area contributed by atoms with Crippen LogP contribution in [0.4, 0.5) is 0 Å². The van der Waals surface area contributed by atoms with Crippen LogP contribution in [0.15, 0.2) is 12.2 Å². The van der Waals surface area contributed by atoms with E-state index in [9.17, 15) is 0 Å². The van der Waals surface area contributed by atoms with Gasteiger partial charge in [0.2, 0.25) is 0 Å². The molecule has 92 valence electrons. The predicted molar refractivity (Wildman–Crippen MR) is 70.5 cm³/mol. The zero-order valence-electron chi connectivity index (χ0n) is 10.8. The van der Waals surface area contributed by atoms with E-state index in [0.29, 0.717) is 0 Å². The Hall–Kier alpha value is -0.300. The lowest BCUT2D eigenvalue weighted by atomic mass is 9.76. The highest BCUT2D eigenvalue weighted by molar-refractivity contribution is 4.90. The number of hydrogen-bond donors (Lipinski definition) is 1. The van der Waals surface area contributed by atoms with Crippen LogP contribution in [-0.2, 0) is 0 Å². The molecule has 2 atom stereocenters. The third-order valence-electron chi connectivity index (χ3n) is 4.25. The molecular weight excluding hydrogens is 194 g/mol. The molecule has 2 aliphatic rings. The molecule has 1 N–H and O–H groups in total. The molecule has 1 heteroatoms. The van der Waals surface area contributed by atoms with Crippen molar-refractivity contribution in [2.45, 2.75) is 64.3 Å². The highest BCUT2D eigenvalue weighted by Gasteiger charge is 2.27. The summed E-state index contributed by atoms with van der Waals surface area (Å²) in [6, 6.07) is 0.878. The van der Waals surface area contributed by atoms with E-state index in [-0.39, 0.29) is 0 Å². The van der Waals surface area contributed by atoms with Crippen LogP contribution in [0.1, 0.15) is 58.3 Å². The summed E-state index contributed by atoms with van der Waals surface area (Å²) >= 11 is 0. The molecule has 0 aromatic rings. The molecule has 16 heavy (non-hydrogen) atoms. The first-order chi connectivity index (χ1) is 7.75. The van der Waals surface area contributed by atoms with E-state index < -0.39 is 0 Å². The van der Waals surface area contributed by atoms with E-state index in [1.54, 1.807) is 0 Å². The van der Waals surface area contributed by atoms with Crippen molar-refractivity contribution >= 4 is 0 Å². The average Bonchev–Trinajstić information content (AvgIpc) is 3.08. The van der Waals surface area contributed by atoms with Gasteiger partial charge in [-0.05, 0) is 57.4 Å². The maximum Gasteiger partial charge on any atom is 0.00683 e. The number of rotatable bonds is 6. The number of allylic oxidation sites excluding steroid dienone is 1. The number of nitrogens with one attached hydrogen (secondary N) is 1. The van der Waals surface area contributed by atoms with Gasteiger partial charge < -0.3 is 5.32 Å². The minimum Gasteiger partial charge on any atom is -0.314 e. The highest BCUT2D eigenvalue weighted by Crippen LogP contribution is 2.34. The average molecular weight is 221 g/mol. The summed E-state index contributed by atoms with van der Waals surface area (Å²) in [5.41, 5.74) is 1.36. The zero-order valence-corrected chi connectivity index (χ0v) is 10.8. The van der Waals surface area contributed by atoms with Gasteiger partial charge in [0.05, 0.1) is 0 Å². The minimum absolute atomic E-state index is 0.878. The van der Waals surface area contributed by atoms with Gasteiger partial charge in [0.25, 0.3) is 0 Å². The van der Waals surface area contributed by atoms with Gasteiger partial charge in [0, 0.05) is 6.04 Å². The van der Waals surface area contributed by atoms with Gasteiger partial charge in [-0.3, -0.25) is 0 Å². The van der Waals surface area contributed by atoms with Gasteiger partial charge in [-0.1, -0.05) is 24.8 Å². The van der Waals surface area contributed by atoms with Crippen molar-refractivity contribution in [3.63, 3.8) is 0 Å². The summed E-state index contributed by atoms with van der Waals surface area (Å²) in [4.78, 5) is 0. The van der Waals surface area contributed by atoms with E-state index in [1.165, 1.54) is 63.5 Å². The zero-order chi connectivity index (χ0) is 11.4. The summed E-state index contributed by atoms with van der Waals surface area (Å²) in [7, 11) is 0. The smallest absolute Gasteiger partial charge is 0.00683 e. The molecule has 0 heterocycles. The lowest BCUT2D eigenvalue weighted by Gasteiger charge is -2.32. The van der Waals surface area contributed by atoms with Gasteiger partial charge >= 0.3 is 0 Å². The lowest BCUT2D eigenvalue weighted by molar-refractivity contribution is 0.217. The second kappa shape index (κ2) is 5.86. The first kappa shape index (κ1) is 12.2. The van der Waals surface area contributed by atoms with E-state index in [2.05, 4.69) is 18.8 Å². The Morgan fingerprint density at radius 2 is 1.81 bits per heavy atom. The summed E-state index contributed by atoms with van der Waals surface area (Å²) < 4.78 is 0. The first-order valence-corrected chi connectivity index (χ1v) is 7.13. The quantitative estimate of drug-likeness (QED) is 0.671. The molecule has 0 radical (unpaired) electrons. The fraction of sp³-hybridized carbons (Fsp3) is 0.867. The molecule has 2 aliphatic carbocycles. The van der Waals surface area contributed by atoms with Crippen LogP contribution in [0.2, 0.25) is 0 Å². The third kappa shape index (κ3) is 3.93. The van der Waals surface area contributed by atoms with Crippen LogP contribution in [0.25, 0.3) is 0 Å². The van der Waals surface area contributed by atoms with E-state index >= 15 is 0 Å². The van der Waals surface area contributed by atoms with Gasteiger partial charge in [-0.15, -0.1) is 6.58 Å². The molecule has 0 saturated heterocycles. The van der Waals surface area contributed by atoms with E-state index in [1.807, 2.05) is 0 Å². The Morgan fingerprint density at radius 1 is 1.12 bits per heavy atom.